The quantitative estimate of drug-likeness (QED) is 0.847. The molecule has 3 nitrogen and oxygen atoms in total. The molecule has 1 aliphatic heterocycles. The highest BCUT2D eigenvalue weighted by Gasteiger charge is 2.29. The fraction of sp³-hybridized carbons (Fsp3) is 0.462. The van der Waals surface area contributed by atoms with Crippen molar-refractivity contribution in [1.29, 1.82) is 0 Å². The summed E-state index contributed by atoms with van der Waals surface area (Å²) < 4.78 is 13.5. The van der Waals surface area contributed by atoms with Gasteiger partial charge in [-0.05, 0) is 25.0 Å². The smallest absolute Gasteiger partial charge is 0.230 e. The summed E-state index contributed by atoms with van der Waals surface area (Å²) in [5.41, 5.74) is 0.416. The lowest BCUT2D eigenvalue weighted by molar-refractivity contribution is -0.131. The molecule has 1 aromatic carbocycles. The van der Waals surface area contributed by atoms with Crippen molar-refractivity contribution in [1.82, 2.24) is 4.90 Å². The van der Waals surface area contributed by atoms with E-state index in [-0.39, 0.29) is 11.7 Å². The van der Waals surface area contributed by atoms with E-state index in [1.165, 1.54) is 6.07 Å². The monoisotopic (exact) mass is 237 g/mol. The van der Waals surface area contributed by atoms with Crippen LogP contribution < -0.4 is 0 Å². The number of nitrogens with zero attached hydrogens (tertiary/aromatic N) is 1. The number of aliphatic hydroxyl groups is 1. The lowest BCUT2D eigenvalue weighted by Gasteiger charge is -2.20. The molecule has 2 atom stereocenters. The molecule has 92 valence electrons. The molecular formula is C13H16FNO2. The lowest BCUT2D eigenvalue weighted by Crippen LogP contribution is -2.33. The van der Waals surface area contributed by atoms with Gasteiger partial charge in [-0.25, -0.2) is 4.39 Å². The van der Waals surface area contributed by atoms with Crippen LogP contribution in [-0.4, -0.2) is 35.1 Å². The van der Waals surface area contributed by atoms with Crippen LogP contribution in [0.3, 0.4) is 0 Å². The van der Waals surface area contributed by atoms with E-state index in [4.69, 9.17) is 0 Å². The second kappa shape index (κ2) is 4.84. The van der Waals surface area contributed by atoms with Crippen LogP contribution in [0.2, 0.25) is 0 Å². The Labute approximate surface area is 99.9 Å². The van der Waals surface area contributed by atoms with Gasteiger partial charge in [0.2, 0.25) is 5.91 Å². The van der Waals surface area contributed by atoms with Gasteiger partial charge in [0, 0.05) is 13.1 Å². The molecule has 1 N–H and O–H groups in total. The second-order valence-corrected chi connectivity index (χ2v) is 4.47. The van der Waals surface area contributed by atoms with E-state index in [2.05, 4.69) is 0 Å². The van der Waals surface area contributed by atoms with Gasteiger partial charge in [0.25, 0.3) is 0 Å². The van der Waals surface area contributed by atoms with Crippen LogP contribution in [0.4, 0.5) is 4.39 Å². The first-order valence-corrected chi connectivity index (χ1v) is 5.81. The predicted molar refractivity (Wildman–Crippen MR) is 62.0 cm³/mol. The van der Waals surface area contributed by atoms with E-state index < -0.39 is 12.0 Å². The van der Waals surface area contributed by atoms with Crippen LogP contribution in [0.15, 0.2) is 24.3 Å². The molecule has 2 rings (SSSR count). The summed E-state index contributed by atoms with van der Waals surface area (Å²) in [5.74, 6) is -0.971. The molecule has 17 heavy (non-hydrogen) atoms. The van der Waals surface area contributed by atoms with Crippen LogP contribution in [0.1, 0.15) is 24.8 Å². The van der Waals surface area contributed by atoms with Gasteiger partial charge < -0.3 is 10.0 Å². The highest BCUT2D eigenvalue weighted by atomic mass is 19.1. The van der Waals surface area contributed by atoms with Crippen molar-refractivity contribution in [3.8, 4) is 0 Å². The Morgan fingerprint density at radius 2 is 2.24 bits per heavy atom. The second-order valence-electron chi connectivity index (χ2n) is 4.47. The maximum absolute atomic E-state index is 13.5. The fourth-order valence-corrected chi connectivity index (χ4v) is 2.18. The Balaban J connectivity index is 2.12. The molecule has 1 fully saturated rings. The number of carbonyl (C=O) groups is 1. The molecule has 1 amide bonds. The molecule has 0 spiro atoms. The fourth-order valence-electron chi connectivity index (χ4n) is 2.18. The Hall–Kier alpha value is -1.42. The van der Waals surface area contributed by atoms with Gasteiger partial charge in [-0.15, -0.1) is 0 Å². The molecular weight excluding hydrogens is 221 g/mol. The topological polar surface area (TPSA) is 40.5 Å². The van der Waals surface area contributed by atoms with Crippen LogP contribution in [0, 0.1) is 5.82 Å². The van der Waals surface area contributed by atoms with Crippen LogP contribution in [-0.2, 0) is 4.79 Å². The molecule has 1 saturated heterocycles. The van der Waals surface area contributed by atoms with Crippen molar-refractivity contribution >= 4 is 5.91 Å². The zero-order valence-corrected chi connectivity index (χ0v) is 9.77. The molecule has 4 heteroatoms. The third kappa shape index (κ3) is 2.47. The van der Waals surface area contributed by atoms with Crippen molar-refractivity contribution in [3.05, 3.63) is 35.6 Å². The molecule has 0 aromatic heterocycles. The predicted octanol–water partition coefficient (Wildman–Crippen LogP) is 1.52. The van der Waals surface area contributed by atoms with Crippen molar-refractivity contribution in [3.63, 3.8) is 0 Å². The Morgan fingerprint density at radius 3 is 2.82 bits per heavy atom. The van der Waals surface area contributed by atoms with Crippen molar-refractivity contribution in [2.45, 2.75) is 25.4 Å². The van der Waals surface area contributed by atoms with E-state index >= 15 is 0 Å². The Bertz CT molecular complexity index is 422. The summed E-state index contributed by atoms with van der Waals surface area (Å²) >= 11 is 0. The number of hydrogen-bond acceptors (Lipinski definition) is 2. The molecule has 0 bridgehead atoms. The summed E-state index contributed by atoms with van der Waals surface area (Å²) in [5, 5.41) is 9.39. The van der Waals surface area contributed by atoms with E-state index in [0.29, 0.717) is 25.1 Å². The van der Waals surface area contributed by atoms with Crippen molar-refractivity contribution < 1.29 is 14.3 Å². The third-order valence-electron chi connectivity index (χ3n) is 3.22. The van der Waals surface area contributed by atoms with Gasteiger partial charge >= 0.3 is 0 Å². The number of rotatable bonds is 2. The standard InChI is InChI=1S/C13H16FNO2/c1-9(11-4-2-3-5-12(11)14)13(17)15-7-6-10(16)8-15/h2-5,9-10,16H,6-8H2,1H3/t9?,10-/m1/s1. The van der Waals surface area contributed by atoms with Gasteiger partial charge in [-0.2, -0.15) is 0 Å². The zero-order chi connectivity index (χ0) is 12.4. The SMILES string of the molecule is CC(C(=O)N1CC[C@@H](O)C1)c1ccccc1F. The molecule has 0 radical (unpaired) electrons. The normalized spacial score (nSPS) is 21.6. The first-order chi connectivity index (χ1) is 8.09. The molecule has 0 aliphatic carbocycles. The Morgan fingerprint density at radius 1 is 1.53 bits per heavy atom. The largest absolute Gasteiger partial charge is 0.391 e. The van der Waals surface area contributed by atoms with Crippen LogP contribution >= 0.6 is 0 Å². The number of amides is 1. The van der Waals surface area contributed by atoms with E-state index in [0.717, 1.165) is 0 Å². The number of halogens is 1. The maximum atomic E-state index is 13.5. The summed E-state index contributed by atoms with van der Waals surface area (Å²) in [6.45, 7) is 2.61. The first-order valence-electron chi connectivity index (χ1n) is 5.81. The van der Waals surface area contributed by atoms with Gasteiger partial charge in [-0.1, -0.05) is 18.2 Å². The minimum absolute atomic E-state index is 0.119. The molecule has 1 heterocycles. The minimum Gasteiger partial charge on any atom is -0.391 e. The number of β-amino-alcohol motifs (C(OH)–C–C–N with tert-alkyl or cyclic N) is 1. The van der Waals surface area contributed by atoms with E-state index in [9.17, 15) is 14.3 Å². The highest BCUT2D eigenvalue weighted by Crippen LogP contribution is 2.23. The summed E-state index contributed by atoms with van der Waals surface area (Å²) in [6.07, 6.45) is 0.169. The molecule has 1 unspecified atom stereocenters. The van der Waals surface area contributed by atoms with Crippen LogP contribution in [0.5, 0.6) is 0 Å². The van der Waals surface area contributed by atoms with Crippen molar-refractivity contribution in [2.24, 2.45) is 0 Å². The average molecular weight is 237 g/mol. The van der Waals surface area contributed by atoms with E-state index in [1.54, 1.807) is 30.0 Å². The van der Waals surface area contributed by atoms with Gasteiger partial charge in [-0.3, -0.25) is 4.79 Å². The zero-order valence-electron chi connectivity index (χ0n) is 9.77. The number of likely N-dealkylation sites (tertiary alicyclic amines) is 1. The van der Waals surface area contributed by atoms with Crippen molar-refractivity contribution in [2.75, 3.05) is 13.1 Å². The first kappa shape index (κ1) is 12.0. The average Bonchev–Trinajstić information content (AvgIpc) is 2.75. The van der Waals surface area contributed by atoms with Crippen LogP contribution in [0.25, 0.3) is 0 Å². The van der Waals surface area contributed by atoms with Gasteiger partial charge in [0.1, 0.15) is 5.82 Å². The highest BCUT2D eigenvalue weighted by molar-refractivity contribution is 5.83. The number of carbonyl (C=O) groups excluding carboxylic acids is 1. The summed E-state index contributed by atoms with van der Waals surface area (Å²) in [4.78, 5) is 13.7. The number of benzene rings is 1. The molecule has 0 saturated carbocycles. The number of hydrogen-bond donors (Lipinski definition) is 1. The summed E-state index contributed by atoms with van der Waals surface area (Å²) in [6, 6.07) is 6.32. The lowest BCUT2D eigenvalue weighted by atomic mass is 9.99. The summed E-state index contributed by atoms with van der Waals surface area (Å²) in [7, 11) is 0. The number of aliphatic hydroxyl groups excluding tert-OH is 1. The minimum atomic E-state index is -0.499. The van der Waals surface area contributed by atoms with E-state index in [1.807, 2.05) is 0 Å². The molecule has 1 aliphatic rings. The maximum Gasteiger partial charge on any atom is 0.230 e. The van der Waals surface area contributed by atoms with Gasteiger partial charge in [0.15, 0.2) is 0 Å². The third-order valence-corrected chi connectivity index (χ3v) is 3.22. The van der Waals surface area contributed by atoms with Gasteiger partial charge in [0.05, 0.1) is 12.0 Å². The Kier molecular flexibility index (Phi) is 3.43. The molecule has 1 aromatic rings.